The van der Waals surface area contributed by atoms with Crippen LogP contribution in [0.2, 0.25) is 0 Å². The van der Waals surface area contributed by atoms with Crippen molar-refractivity contribution < 1.29 is 13.2 Å². The quantitative estimate of drug-likeness (QED) is 0.785. The molecule has 0 radical (unpaired) electrons. The summed E-state index contributed by atoms with van der Waals surface area (Å²) in [5.41, 5.74) is 5.03. The minimum Gasteiger partial charge on any atom is -0.368 e. The molecule has 0 unspecified atom stereocenters. The largest absolute Gasteiger partial charge is 0.416 e. The molecule has 0 aliphatic heterocycles. The van der Waals surface area contributed by atoms with Crippen molar-refractivity contribution in [2.24, 2.45) is 0 Å². The van der Waals surface area contributed by atoms with Gasteiger partial charge in [-0.05, 0) is 24.3 Å². The van der Waals surface area contributed by atoms with E-state index in [2.05, 4.69) is 20.5 Å². The topological polar surface area (TPSA) is 79.6 Å². The number of aromatic nitrogens is 3. The van der Waals surface area contributed by atoms with Crippen molar-refractivity contribution in [2.75, 3.05) is 11.1 Å². The Kier molecular flexibility index (Phi) is 4.74. The number of anilines is 3. The fourth-order valence-corrected chi connectivity index (χ4v) is 1.20. The predicted molar refractivity (Wildman–Crippen MR) is 66.9 cm³/mol. The van der Waals surface area contributed by atoms with E-state index in [1.807, 2.05) is 13.8 Å². The van der Waals surface area contributed by atoms with Crippen LogP contribution in [0.25, 0.3) is 0 Å². The average molecular weight is 273 g/mol. The number of nitrogens with two attached hydrogens (primary N) is 1. The van der Waals surface area contributed by atoms with Crippen LogP contribution in [0.4, 0.5) is 30.8 Å². The molecule has 0 aliphatic carbocycles. The standard InChI is InChI=1S/C9H8F3N5.C2H6/c10-9(11,12)5-1-3-6(4-2-5)14-8-15-7(13)16-17-8;1-2/h1-4H,(H4,13,14,15,16,17);1-2H3. The summed E-state index contributed by atoms with van der Waals surface area (Å²) in [6.07, 6.45) is -4.34. The van der Waals surface area contributed by atoms with Crippen LogP contribution in [0, 0.1) is 0 Å². The highest BCUT2D eigenvalue weighted by molar-refractivity contribution is 5.54. The first-order chi connectivity index (χ1) is 8.95. The van der Waals surface area contributed by atoms with Crippen molar-refractivity contribution >= 4 is 17.6 Å². The summed E-state index contributed by atoms with van der Waals surface area (Å²) in [6.45, 7) is 4.00. The smallest absolute Gasteiger partial charge is 0.368 e. The molecule has 8 heteroatoms. The van der Waals surface area contributed by atoms with Gasteiger partial charge >= 0.3 is 6.18 Å². The van der Waals surface area contributed by atoms with Crippen molar-refractivity contribution in [3.05, 3.63) is 29.8 Å². The number of hydrogen-bond acceptors (Lipinski definition) is 4. The Morgan fingerprint density at radius 1 is 1.16 bits per heavy atom. The molecule has 0 atom stereocenters. The van der Waals surface area contributed by atoms with E-state index < -0.39 is 11.7 Å². The maximum atomic E-state index is 12.3. The zero-order valence-electron chi connectivity index (χ0n) is 10.4. The Labute approximate surface area is 108 Å². The van der Waals surface area contributed by atoms with Gasteiger partial charge in [0.05, 0.1) is 5.56 Å². The Bertz CT molecular complexity index is 504. The predicted octanol–water partition coefficient (Wildman–Crippen LogP) is 3.18. The van der Waals surface area contributed by atoms with Crippen molar-refractivity contribution in [1.82, 2.24) is 15.2 Å². The first-order valence-electron chi connectivity index (χ1n) is 5.57. The summed E-state index contributed by atoms with van der Waals surface area (Å²) in [5, 5.41) is 8.79. The monoisotopic (exact) mass is 273 g/mol. The van der Waals surface area contributed by atoms with E-state index >= 15 is 0 Å². The normalized spacial score (nSPS) is 10.6. The van der Waals surface area contributed by atoms with Gasteiger partial charge in [-0.1, -0.05) is 13.8 Å². The summed E-state index contributed by atoms with van der Waals surface area (Å²) in [7, 11) is 0. The number of halogens is 3. The van der Waals surface area contributed by atoms with Crippen molar-refractivity contribution in [2.45, 2.75) is 20.0 Å². The van der Waals surface area contributed by atoms with Gasteiger partial charge in [0.1, 0.15) is 0 Å². The number of hydrogen-bond donors (Lipinski definition) is 3. The van der Waals surface area contributed by atoms with Gasteiger partial charge in [-0.3, -0.25) is 0 Å². The zero-order valence-corrected chi connectivity index (χ0v) is 10.4. The van der Waals surface area contributed by atoms with Crippen molar-refractivity contribution in [3.8, 4) is 0 Å². The molecule has 1 aromatic heterocycles. The molecular weight excluding hydrogens is 259 g/mol. The van der Waals surface area contributed by atoms with Gasteiger partial charge in [0.2, 0.25) is 11.9 Å². The number of H-pyrrole nitrogens is 1. The van der Waals surface area contributed by atoms with E-state index in [1.54, 1.807) is 0 Å². The van der Waals surface area contributed by atoms with E-state index in [4.69, 9.17) is 5.73 Å². The number of benzene rings is 1. The maximum absolute atomic E-state index is 12.3. The maximum Gasteiger partial charge on any atom is 0.416 e. The van der Waals surface area contributed by atoms with Crippen LogP contribution in [0.1, 0.15) is 19.4 Å². The van der Waals surface area contributed by atoms with E-state index in [9.17, 15) is 13.2 Å². The number of nitrogen functional groups attached to an aromatic ring is 1. The molecule has 0 spiro atoms. The minimum absolute atomic E-state index is 0.124. The highest BCUT2D eigenvalue weighted by Gasteiger charge is 2.29. The van der Waals surface area contributed by atoms with E-state index in [-0.39, 0.29) is 11.9 Å². The molecule has 0 bridgehead atoms. The van der Waals surface area contributed by atoms with E-state index in [0.29, 0.717) is 5.69 Å². The second kappa shape index (κ2) is 6.07. The minimum atomic E-state index is -4.34. The van der Waals surface area contributed by atoms with Gasteiger partial charge in [-0.15, -0.1) is 5.10 Å². The number of aromatic amines is 1. The van der Waals surface area contributed by atoms with Crippen molar-refractivity contribution in [3.63, 3.8) is 0 Å². The van der Waals surface area contributed by atoms with Crippen LogP contribution < -0.4 is 11.1 Å². The fraction of sp³-hybridized carbons (Fsp3) is 0.273. The Morgan fingerprint density at radius 3 is 2.16 bits per heavy atom. The van der Waals surface area contributed by atoms with Crippen LogP contribution >= 0.6 is 0 Å². The van der Waals surface area contributed by atoms with Crippen LogP contribution in [0.3, 0.4) is 0 Å². The van der Waals surface area contributed by atoms with Gasteiger partial charge in [0.15, 0.2) is 0 Å². The second-order valence-electron chi connectivity index (χ2n) is 3.24. The Balaban J connectivity index is 0.000000861. The molecule has 2 aromatic rings. The fourth-order valence-electron chi connectivity index (χ4n) is 1.20. The Morgan fingerprint density at radius 2 is 1.74 bits per heavy atom. The van der Waals surface area contributed by atoms with Crippen LogP contribution in [0.5, 0.6) is 0 Å². The highest BCUT2D eigenvalue weighted by Crippen LogP contribution is 2.30. The number of nitrogens with one attached hydrogen (secondary N) is 2. The first-order valence-corrected chi connectivity index (χ1v) is 5.57. The SMILES string of the molecule is CC.Nc1nc(Nc2ccc(C(F)(F)F)cc2)n[nH]1. The van der Waals surface area contributed by atoms with Crippen molar-refractivity contribution in [1.29, 1.82) is 0 Å². The lowest BCUT2D eigenvalue weighted by atomic mass is 10.2. The molecule has 4 N–H and O–H groups in total. The third-order valence-electron chi connectivity index (χ3n) is 1.97. The molecule has 19 heavy (non-hydrogen) atoms. The van der Waals surface area contributed by atoms with Crippen LogP contribution in [-0.2, 0) is 6.18 Å². The second-order valence-corrected chi connectivity index (χ2v) is 3.24. The van der Waals surface area contributed by atoms with E-state index in [0.717, 1.165) is 12.1 Å². The average Bonchev–Trinajstić information content (AvgIpc) is 2.77. The van der Waals surface area contributed by atoms with Crippen LogP contribution in [0.15, 0.2) is 24.3 Å². The molecule has 0 aliphatic rings. The van der Waals surface area contributed by atoms with Gasteiger partial charge in [0, 0.05) is 5.69 Å². The lowest BCUT2D eigenvalue weighted by Gasteiger charge is -2.07. The number of alkyl halides is 3. The summed E-state index contributed by atoms with van der Waals surface area (Å²) in [5.74, 6) is 0.321. The third-order valence-corrected chi connectivity index (χ3v) is 1.97. The van der Waals surface area contributed by atoms with Gasteiger partial charge < -0.3 is 11.1 Å². The lowest BCUT2D eigenvalue weighted by molar-refractivity contribution is -0.137. The van der Waals surface area contributed by atoms with Gasteiger partial charge in [-0.2, -0.15) is 18.2 Å². The zero-order chi connectivity index (χ0) is 14.5. The van der Waals surface area contributed by atoms with Gasteiger partial charge in [0.25, 0.3) is 0 Å². The molecule has 1 heterocycles. The highest BCUT2D eigenvalue weighted by atomic mass is 19.4. The molecule has 5 nitrogen and oxygen atoms in total. The van der Waals surface area contributed by atoms with Crippen LogP contribution in [-0.4, -0.2) is 15.2 Å². The summed E-state index contributed by atoms with van der Waals surface area (Å²) < 4.78 is 36.8. The molecule has 2 rings (SSSR count). The molecule has 0 fully saturated rings. The summed E-state index contributed by atoms with van der Waals surface area (Å²) >= 11 is 0. The third kappa shape index (κ3) is 4.16. The van der Waals surface area contributed by atoms with E-state index in [1.165, 1.54) is 12.1 Å². The summed E-state index contributed by atoms with van der Waals surface area (Å²) in [6, 6.07) is 4.52. The first kappa shape index (κ1) is 14.8. The lowest BCUT2D eigenvalue weighted by Crippen LogP contribution is -2.04. The number of nitrogens with zero attached hydrogens (tertiary/aromatic N) is 2. The molecular formula is C11H14F3N5. The number of rotatable bonds is 2. The molecule has 1 aromatic carbocycles. The molecule has 0 saturated carbocycles. The Hall–Kier alpha value is -2.25. The molecule has 0 saturated heterocycles. The molecule has 104 valence electrons. The molecule has 0 amide bonds. The van der Waals surface area contributed by atoms with Gasteiger partial charge in [-0.25, -0.2) is 5.10 Å². The summed E-state index contributed by atoms with van der Waals surface area (Å²) in [4.78, 5) is 3.75.